The molecule has 0 unspecified atom stereocenters. The molecular weight excluding hydrogens is 332 g/mol. The van der Waals surface area contributed by atoms with E-state index in [-0.39, 0.29) is 5.41 Å². The number of benzene rings is 2. The third-order valence-corrected chi connectivity index (χ3v) is 4.08. The zero-order chi connectivity index (χ0) is 19.4. The van der Waals surface area contributed by atoms with Gasteiger partial charge in [0.15, 0.2) is 0 Å². The average molecular weight is 354 g/mol. The molecule has 0 spiro atoms. The van der Waals surface area contributed by atoms with Crippen molar-refractivity contribution in [1.82, 2.24) is 4.98 Å². The van der Waals surface area contributed by atoms with Crippen LogP contribution in [0.25, 0.3) is 22.3 Å². The quantitative estimate of drug-likeness (QED) is 0.679. The number of rotatable bonds is 3. The molecule has 134 valence electrons. The van der Waals surface area contributed by atoms with E-state index in [1.807, 2.05) is 54.6 Å². The van der Waals surface area contributed by atoms with Crippen LogP contribution in [-0.4, -0.2) is 10.9 Å². The Morgan fingerprint density at radius 1 is 0.963 bits per heavy atom. The first-order valence-electron chi connectivity index (χ1n) is 8.82. The smallest absolute Gasteiger partial charge is 0.250 e. The summed E-state index contributed by atoms with van der Waals surface area (Å²) in [4.78, 5) is 16.1. The minimum Gasteiger partial charge on any atom is -0.366 e. The van der Waals surface area contributed by atoms with Crippen molar-refractivity contribution in [2.24, 2.45) is 11.1 Å². The van der Waals surface area contributed by atoms with Crippen LogP contribution in [0.4, 0.5) is 0 Å². The van der Waals surface area contributed by atoms with Crippen LogP contribution in [0.3, 0.4) is 0 Å². The van der Waals surface area contributed by atoms with Crippen LogP contribution in [0.1, 0.15) is 36.7 Å². The number of carbonyl (C=O) groups excluding carboxylic acids is 1. The van der Waals surface area contributed by atoms with Gasteiger partial charge in [0.1, 0.15) is 0 Å². The summed E-state index contributed by atoms with van der Waals surface area (Å²) in [5.74, 6) is 6.10. The lowest BCUT2D eigenvalue weighted by Gasteiger charge is -2.15. The molecule has 0 aliphatic carbocycles. The molecule has 1 aromatic heterocycles. The molecule has 0 aliphatic rings. The summed E-state index contributed by atoms with van der Waals surface area (Å²) >= 11 is 0. The van der Waals surface area contributed by atoms with E-state index in [2.05, 4.69) is 37.6 Å². The van der Waals surface area contributed by atoms with Gasteiger partial charge in [-0.25, -0.2) is 0 Å². The monoisotopic (exact) mass is 354 g/mol. The minimum absolute atomic E-state index is 0.134. The Balaban J connectivity index is 2.35. The van der Waals surface area contributed by atoms with Crippen molar-refractivity contribution in [3.05, 3.63) is 78.1 Å². The largest absolute Gasteiger partial charge is 0.366 e. The van der Waals surface area contributed by atoms with Gasteiger partial charge < -0.3 is 5.73 Å². The first-order chi connectivity index (χ1) is 12.9. The highest BCUT2D eigenvalue weighted by atomic mass is 16.1. The van der Waals surface area contributed by atoms with E-state index in [4.69, 9.17) is 5.73 Å². The van der Waals surface area contributed by atoms with E-state index < -0.39 is 5.91 Å². The van der Waals surface area contributed by atoms with Gasteiger partial charge in [-0.15, -0.1) is 0 Å². The fraction of sp³-hybridized carbons (Fsp3) is 0.167. The van der Waals surface area contributed by atoms with E-state index in [0.717, 1.165) is 27.8 Å². The van der Waals surface area contributed by atoms with Gasteiger partial charge in [0.25, 0.3) is 5.91 Å². The summed E-state index contributed by atoms with van der Waals surface area (Å²) in [5, 5.41) is 0. The van der Waals surface area contributed by atoms with Gasteiger partial charge in [-0.3, -0.25) is 9.78 Å². The van der Waals surface area contributed by atoms with Crippen LogP contribution in [0.5, 0.6) is 0 Å². The Morgan fingerprint density at radius 2 is 1.70 bits per heavy atom. The lowest BCUT2D eigenvalue weighted by Crippen LogP contribution is -2.13. The molecule has 3 rings (SSSR count). The topological polar surface area (TPSA) is 56.0 Å². The number of hydrogen-bond acceptors (Lipinski definition) is 2. The predicted octanol–water partition coefficient (Wildman–Crippen LogP) is 4.91. The second-order valence-electron chi connectivity index (χ2n) is 7.38. The lowest BCUT2D eigenvalue weighted by atomic mass is 9.88. The SMILES string of the molecule is CC(C)(C)C#Cc1cccc(-c2ccccc2)c1-c1ccncc1C(N)=O. The van der Waals surface area contributed by atoms with Crippen molar-refractivity contribution >= 4 is 5.91 Å². The highest BCUT2D eigenvalue weighted by Gasteiger charge is 2.17. The molecule has 0 radical (unpaired) electrons. The Labute approximate surface area is 160 Å². The van der Waals surface area contributed by atoms with Gasteiger partial charge in [-0.05, 0) is 49.6 Å². The van der Waals surface area contributed by atoms with Crippen LogP contribution < -0.4 is 5.73 Å². The van der Waals surface area contributed by atoms with Gasteiger partial charge in [0, 0.05) is 28.9 Å². The fourth-order valence-corrected chi connectivity index (χ4v) is 2.87. The van der Waals surface area contributed by atoms with Crippen LogP contribution >= 0.6 is 0 Å². The maximum absolute atomic E-state index is 12.0. The number of amides is 1. The van der Waals surface area contributed by atoms with E-state index in [9.17, 15) is 4.79 Å². The molecule has 0 saturated heterocycles. The number of primary amides is 1. The maximum atomic E-state index is 12.0. The minimum atomic E-state index is -0.504. The molecule has 3 heteroatoms. The Kier molecular flexibility index (Phi) is 5.09. The summed E-state index contributed by atoms with van der Waals surface area (Å²) in [6.07, 6.45) is 3.19. The lowest BCUT2D eigenvalue weighted by molar-refractivity contribution is 0.100. The maximum Gasteiger partial charge on any atom is 0.250 e. The molecule has 0 fully saturated rings. The standard InChI is InChI=1S/C24H22N2O/c1-24(2,3)14-12-18-10-7-11-19(17-8-5-4-6-9-17)22(18)20-13-15-26-16-21(20)23(25)27/h4-11,13,15-16H,1-3H3,(H2,25,27). The fourth-order valence-electron chi connectivity index (χ4n) is 2.87. The molecular formula is C24H22N2O. The van der Waals surface area contributed by atoms with Crippen molar-refractivity contribution < 1.29 is 4.79 Å². The molecule has 1 amide bonds. The first-order valence-corrected chi connectivity index (χ1v) is 8.82. The van der Waals surface area contributed by atoms with Gasteiger partial charge >= 0.3 is 0 Å². The summed E-state index contributed by atoms with van der Waals surface area (Å²) in [6.45, 7) is 6.21. The summed E-state index contributed by atoms with van der Waals surface area (Å²) in [6, 6.07) is 17.9. The number of nitrogens with two attached hydrogens (primary N) is 1. The number of hydrogen-bond donors (Lipinski definition) is 1. The summed E-state index contributed by atoms with van der Waals surface area (Å²) in [5.41, 5.74) is 10.4. The van der Waals surface area contributed by atoms with Gasteiger partial charge in [-0.2, -0.15) is 0 Å². The zero-order valence-corrected chi connectivity index (χ0v) is 15.8. The Bertz CT molecular complexity index is 1040. The number of carbonyl (C=O) groups is 1. The van der Waals surface area contributed by atoms with E-state index >= 15 is 0 Å². The van der Waals surface area contributed by atoms with E-state index in [1.165, 1.54) is 6.20 Å². The summed E-state index contributed by atoms with van der Waals surface area (Å²) < 4.78 is 0. The van der Waals surface area contributed by atoms with Crippen molar-refractivity contribution in [3.8, 4) is 34.1 Å². The molecule has 0 atom stereocenters. The molecule has 0 aliphatic heterocycles. The normalized spacial score (nSPS) is 10.8. The zero-order valence-electron chi connectivity index (χ0n) is 15.8. The number of pyridine rings is 1. The number of nitrogens with zero attached hydrogens (tertiary/aromatic N) is 1. The van der Waals surface area contributed by atoms with Gasteiger partial charge in [0.05, 0.1) is 5.56 Å². The molecule has 3 aromatic rings. The highest BCUT2D eigenvalue weighted by molar-refractivity contribution is 6.02. The van der Waals surface area contributed by atoms with Crippen LogP contribution in [0.15, 0.2) is 67.0 Å². The average Bonchev–Trinajstić information content (AvgIpc) is 2.66. The molecule has 27 heavy (non-hydrogen) atoms. The predicted molar refractivity (Wildman–Crippen MR) is 110 cm³/mol. The Hall–Kier alpha value is -3.38. The highest BCUT2D eigenvalue weighted by Crippen LogP contribution is 2.36. The molecule has 0 saturated carbocycles. The van der Waals surface area contributed by atoms with Gasteiger partial charge in [-0.1, -0.05) is 54.3 Å². The third-order valence-electron chi connectivity index (χ3n) is 4.08. The van der Waals surface area contributed by atoms with Crippen LogP contribution in [0, 0.1) is 17.3 Å². The summed E-state index contributed by atoms with van der Waals surface area (Å²) in [7, 11) is 0. The van der Waals surface area contributed by atoms with Crippen molar-refractivity contribution in [2.75, 3.05) is 0 Å². The molecule has 2 N–H and O–H groups in total. The van der Waals surface area contributed by atoms with Gasteiger partial charge in [0.2, 0.25) is 0 Å². The molecule has 2 aromatic carbocycles. The Morgan fingerprint density at radius 3 is 2.37 bits per heavy atom. The number of aromatic nitrogens is 1. The third kappa shape index (κ3) is 4.24. The second kappa shape index (κ2) is 7.47. The van der Waals surface area contributed by atoms with Crippen LogP contribution in [0.2, 0.25) is 0 Å². The molecule has 3 nitrogen and oxygen atoms in total. The van der Waals surface area contributed by atoms with Crippen LogP contribution in [-0.2, 0) is 0 Å². The second-order valence-corrected chi connectivity index (χ2v) is 7.38. The van der Waals surface area contributed by atoms with E-state index in [1.54, 1.807) is 6.20 Å². The van der Waals surface area contributed by atoms with E-state index in [0.29, 0.717) is 5.56 Å². The first kappa shape index (κ1) is 18.4. The van der Waals surface area contributed by atoms with Crippen molar-refractivity contribution in [2.45, 2.75) is 20.8 Å². The molecule has 0 bridgehead atoms. The van der Waals surface area contributed by atoms with Crippen molar-refractivity contribution in [3.63, 3.8) is 0 Å². The molecule has 1 heterocycles. The van der Waals surface area contributed by atoms with Crippen molar-refractivity contribution in [1.29, 1.82) is 0 Å².